The highest BCUT2D eigenvalue weighted by molar-refractivity contribution is 9.10. The molecule has 1 amide bonds. The highest BCUT2D eigenvalue weighted by atomic mass is 79.9. The van der Waals surface area contributed by atoms with E-state index in [1.165, 1.54) is 0 Å². The molecule has 0 unspecified atom stereocenters. The number of fused-ring (bicyclic) bond motifs is 1. The molecular formula is C15H11BrClN3O. The van der Waals surface area contributed by atoms with Crippen LogP contribution in [0, 0.1) is 6.92 Å². The Hall–Kier alpha value is -1.85. The van der Waals surface area contributed by atoms with Crippen molar-refractivity contribution in [3.8, 4) is 0 Å². The van der Waals surface area contributed by atoms with Crippen molar-refractivity contribution in [3.05, 3.63) is 63.5 Å². The maximum absolute atomic E-state index is 12.5. The number of para-hydroxylation sites is 1. The van der Waals surface area contributed by atoms with E-state index in [9.17, 15) is 4.79 Å². The Kier molecular flexibility index (Phi) is 3.69. The number of hydrogen-bond acceptors (Lipinski definition) is 2. The van der Waals surface area contributed by atoms with Crippen LogP contribution in [0.2, 0.25) is 5.02 Å². The molecule has 0 spiro atoms. The van der Waals surface area contributed by atoms with Crippen molar-refractivity contribution in [3.63, 3.8) is 0 Å². The average Bonchev–Trinajstić information content (AvgIpc) is 2.76. The van der Waals surface area contributed by atoms with Gasteiger partial charge in [0.15, 0.2) is 0 Å². The molecule has 0 fully saturated rings. The Labute approximate surface area is 134 Å². The van der Waals surface area contributed by atoms with Crippen molar-refractivity contribution in [2.75, 3.05) is 5.32 Å². The molecule has 1 aromatic carbocycles. The summed E-state index contributed by atoms with van der Waals surface area (Å²) in [6, 6.07) is 10.9. The lowest BCUT2D eigenvalue weighted by molar-refractivity contribution is 0.102. The third-order valence-electron chi connectivity index (χ3n) is 3.10. The van der Waals surface area contributed by atoms with E-state index in [0.29, 0.717) is 27.7 Å². The number of carbonyl (C=O) groups excluding carboxylic acids is 1. The molecule has 0 saturated carbocycles. The zero-order valence-corrected chi connectivity index (χ0v) is 13.4. The second kappa shape index (κ2) is 5.50. The second-order valence-electron chi connectivity index (χ2n) is 4.55. The zero-order chi connectivity index (χ0) is 15.0. The van der Waals surface area contributed by atoms with E-state index in [-0.39, 0.29) is 5.91 Å². The normalized spacial score (nSPS) is 10.8. The predicted molar refractivity (Wildman–Crippen MR) is 87.0 cm³/mol. The third-order valence-corrected chi connectivity index (χ3v) is 4.03. The molecule has 3 aromatic rings. The number of pyridine rings is 1. The van der Waals surface area contributed by atoms with E-state index in [2.05, 4.69) is 26.2 Å². The van der Waals surface area contributed by atoms with Gasteiger partial charge in [-0.1, -0.05) is 23.7 Å². The van der Waals surface area contributed by atoms with Crippen LogP contribution in [-0.2, 0) is 0 Å². The number of carbonyl (C=O) groups is 1. The van der Waals surface area contributed by atoms with Crippen LogP contribution >= 0.6 is 27.5 Å². The van der Waals surface area contributed by atoms with Gasteiger partial charge in [0.1, 0.15) is 11.3 Å². The van der Waals surface area contributed by atoms with Crippen molar-refractivity contribution >= 4 is 44.8 Å². The van der Waals surface area contributed by atoms with Gasteiger partial charge >= 0.3 is 0 Å². The molecule has 2 aromatic heterocycles. The van der Waals surface area contributed by atoms with E-state index < -0.39 is 0 Å². The maximum atomic E-state index is 12.5. The first-order chi connectivity index (χ1) is 10.1. The number of benzene rings is 1. The third kappa shape index (κ3) is 2.66. The Morgan fingerprint density at radius 2 is 2.10 bits per heavy atom. The lowest BCUT2D eigenvalue weighted by atomic mass is 10.3. The monoisotopic (exact) mass is 363 g/mol. The van der Waals surface area contributed by atoms with Crippen molar-refractivity contribution in [2.45, 2.75) is 6.92 Å². The SMILES string of the molecule is Cc1nc2cc(Cl)ccn2c1C(=O)Nc1ccccc1Br. The summed E-state index contributed by atoms with van der Waals surface area (Å²) in [5.41, 5.74) is 2.52. The number of aromatic nitrogens is 2. The van der Waals surface area contributed by atoms with Gasteiger partial charge in [0.2, 0.25) is 0 Å². The Morgan fingerprint density at radius 1 is 1.33 bits per heavy atom. The van der Waals surface area contributed by atoms with Gasteiger partial charge in [-0.05, 0) is 41.1 Å². The highest BCUT2D eigenvalue weighted by Crippen LogP contribution is 2.23. The fourth-order valence-corrected chi connectivity index (χ4v) is 2.69. The fraction of sp³-hybridized carbons (Fsp3) is 0.0667. The Bertz CT molecular complexity index is 844. The summed E-state index contributed by atoms with van der Waals surface area (Å²) < 4.78 is 2.56. The summed E-state index contributed by atoms with van der Waals surface area (Å²) in [5, 5.41) is 3.47. The van der Waals surface area contributed by atoms with Crippen LogP contribution < -0.4 is 5.32 Å². The van der Waals surface area contributed by atoms with Crippen LogP contribution in [-0.4, -0.2) is 15.3 Å². The van der Waals surface area contributed by atoms with Crippen LogP contribution in [0.4, 0.5) is 5.69 Å². The van der Waals surface area contributed by atoms with Gasteiger partial charge in [-0.2, -0.15) is 0 Å². The molecule has 2 heterocycles. The number of aryl methyl sites for hydroxylation is 1. The minimum atomic E-state index is -0.214. The molecule has 3 rings (SSSR count). The fourth-order valence-electron chi connectivity index (χ4n) is 2.16. The quantitative estimate of drug-likeness (QED) is 0.736. The number of nitrogens with one attached hydrogen (secondary N) is 1. The molecule has 0 saturated heterocycles. The number of imidazole rings is 1. The Balaban J connectivity index is 2.02. The summed E-state index contributed by atoms with van der Waals surface area (Å²) in [7, 11) is 0. The minimum Gasteiger partial charge on any atom is -0.320 e. The molecule has 4 nitrogen and oxygen atoms in total. The summed E-state index contributed by atoms with van der Waals surface area (Å²) in [4.78, 5) is 16.9. The number of nitrogens with zero attached hydrogens (tertiary/aromatic N) is 2. The standard InChI is InChI=1S/C15H11BrClN3O/c1-9-14(20-7-6-10(17)8-13(20)18-9)15(21)19-12-5-3-2-4-11(12)16/h2-8H,1H3,(H,19,21). The molecule has 0 atom stereocenters. The van der Waals surface area contributed by atoms with Crippen LogP contribution in [0.1, 0.15) is 16.2 Å². The number of hydrogen-bond donors (Lipinski definition) is 1. The van der Waals surface area contributed by atoms with E-state index >= 15 is 0 Å². The van der Waals surface area contributed by atoms with E-state index in [4.69, 9.17) is 11.6 Å². The van der Waals surface area contributed by atoms with Crippen LogP contribution in [0.5, 0.6) is 0 Å². The van der Waals surface area contributed by atoms with Gasteiger partial charge in [0.05, 0.1) is 11.4 Å². The topological polar surface area (TPSA) is 46.4 Å². The molecule has 21 heavy (non-hydrogen) atoms. The molecule has 106 valence electrons. The molecular weight excluding hydrogens is 354 g/mol. The van der Waals surface area contributed by atoms with E-state index in [0.717, 1.165) is 4.47 Å². The van der Waals surface area contributed by atoms with Crippen molar-refractivity contribution in [2.24, 2.45) is 0 Å². The zero-order valence-electron chi connectivity index (χ0n) is 11.1. The summed E-state index contributed by atoms with van der Waals surface area (Å²) in [5.74, 6) is -0.214. The number of rotatable bonds is 2. The van der Waals surface area contributed by atoms with Gasteiger partial charge in [-0.15, -0.1) is 0 Å². The summed E-state index contributed by atoms with van der Waals surface area (Å²) >= 11 is 9.36. The molecule has 0 aliphatic carbocycles. The van der Waals surface area contributed by atoms with Crippen molar-refractivity contribution in [1.29, 1.82) is 0 Å². The van der Waals surface area contributed by atoms with Crippen LogP contribution in [0.15, 0.2) is 47.1 Å². The highest BCUT2D eigenvalue weighted by Gasteiger charge is 2.17. The first-order valence-electron chi connectivity index (χ1n) is 6.26. The number of anilines is 1. The first-order valence-corrected chi connectivity index (χ1v) is 7.43. The smallest absolute Gasteiger partial charge is 0.274 e. The van der Waals surface area contributed by atoms with E-state index in [1.807, 2.05) is 24.3 Å². The Morgan fingerprint density at radius 3 is 2.86 bits per heavy atom. The largest absolute Gasteiger partial charge is 0.320 e. The first kappa shape index (κ1) is 14.1. The summed E-state index contributed by atoms with van der Waals surface area (Å²) in [6.07, 6.45) is 1.74. The molecule has 0 aliphatic rings. The molecule has 0 aliphatic heterocycles. The lowest BCUT2D eigenvalue weighted by Crippen LogP contribution is -2.15. The predicted octanol–water partition coefficient (Wildman–Crippen LogP) is 4.31. The average molecular weight is 365 g/mol. The van der Waals surface area contributed by atoms with Gasteiger partial charge in [-0.3, -0.25) is 9.20 Å². The van der Waals surface area contributed by atoms with Crippen LogP contribution in [0.3, 0.4) is 0 Å². The molecule has 6 heteroatoms. The van der Waals surface area contributed by atoms with Gasteiger partial charge in [0, 0.05) is 21.8 Å². The molecule has 1 N–H and O–H groups in total. The lowest BCUT2D eigenvalue weighted by Gasteiger charge is -2.07. The maximum Gasteiger partial charge on any atom is 0.274 e. The number of amides is 1. The van der Waals surface area contributed by atoms with Crippen molar-refractivity contribution in [1.82, 2.24) is 9.38 Å². The van der Waals surface area contributed by atoms with Gasteiger partial charge in [0.25, 0.3) is 5.91 Å². The number of halogens is 2. The van der Waals surface area contributed by atoms with Crippen LogP contribution in [0.25, 0.3) is 5.65 Å². The molecule has 0 radical (unpaired) electrons. The van der Waals surface area contributed by atoms with Gasteiger partial charge in [-0.25, -0.2) is 4.98 Å². The molecule has 0 bridgehead atoms. The minimum absolute atomic E-state index is 0.214. The van der Waals surface area contributed by atoms with E-state index in [1.54, 1.807) is 29.7 Å². The van der Waals surface area contributed by atoms with Crippen molar-refractivity contribution < 1.29 is 4.79 Å². The summed E-state index contributed by atoms with van der Waals surface area (Å²) in [6.45, 7) is 1.80. The van der Waals surface area contributed by atoms with Gasteiger partial charge < -0.3 is 5.32 Å². The second-order valence-corrected chi connectivity index (χ2v) is 5.84.